The smallest absolute Gasteiger partial charge is 0.331 e. The normalized spacial score (nSPS) is 30.8. The summed E-state index contributed by atoms with van der Waals surface area (Å²) in [7, 11) is 4.58. The van der Waals surface area contributed by atoms with E-state index in [4.69, 9.17) is 18.9 Å². The van der Waals surface area contributed by atoms with Crippen LogP contribution < -0.4 is 43.4 Å². The molecule has 0 aromatic heterocycles. The van der Waals surface area contributed by atoms with E-state index in [1.165, 1.54) is 37.1 Å². The summed E-state index contributed by atoms with van der Waals surface area (Å²) in [5.41, 5.74) is 2.37. The molecule has 12 heteroatoms. The second kappa shape index (κ2) is 16.5. The van der Waals surface area contributed by atoms with E-state index in [2.05, 4.69) is 14.1 Å². The van der Waals surface area contributed by atoms with E-state index in [0.717, 1.165) is 73.4 Å². The van der Waals surface area contributed by atoms with Crippen molar-refractivity contribution in [2.24, 2.45) is 0 Å². The number of ether oxygens (including phenoxy) is 4. The molecule has 6 rings (SSSR count). The van der Waals surface area contributed by atoms with Crippen LogP contribution in [0.25, 0.3) is 0 Å². The molecule has 4 atom stereocenters. The summed E-state index contributed by atoms with van der Waals surface area (Å²) in [6, 6.07) is 16.9. The van der Waals surface area contributed by atoms with Crippen molar-refractivity contribution < 1.29 is 81.1 Å². The van der Waals surface area contributed by atoms with Gasteiger partial charge >= 0.3 is 23.9 Å². The van der Waals surface area contributed by atoms with Crippen molar-refractivity contribution in [1.29, 1.82) is 0 Å². The van der Waals surface area contributed by atoms with Gasteiger partial charge in [-0.1, -0.05) is 0 Å². The number of halogens is 2. The summed E-state index contributed by atoms with van der Waals surface area (Å²) in [5.74, 6) is -0.569. The summed E-state index contributed by atoms with van der Waals surface area (Å²) in [6.45, 7) is 4.53. The molecule has 10 nitrogen and oxygen atoms in total. The van der Waals surface area contributed by atoms with Crippen LogP contribution in [-0.4, -0.2) is 83.3 Å². The van der Waals surface area contributed by atoms with Gasteiger partial charge in [0.2, 0.25) is 0 Å². The van der Waals surface area contributed by atoms with E-state index in [-0.39, 0.29) is 58.1 Å². The van der Waals surface area contributed by atoms with Gasteiger partial charge in [0.1, 0.15) is 36.8 Å². The lowest BCUT2D eigenvalue weighted by Gasteiger charge is -2.47. The Morgan fingerprint density at radius 3 is 1.16 bits per heavy atom. The summed E-state index contributed by atoms with van der Waals surface area (Å²) in [6.07, 6.45) is 9.62. The second-order valence-corrected chi connectivity index (χ2v) is 14.6. The van der Waals surface area contributed by atoms with Crippen LogP contribution in [-0.2, 0) is 41.7 Å². The molecular weight excluding hydrogens is 772 g/mol. The molecule has 0 amide bonds. The van der Waals surface area contributed by atoms with Crippen LogP contribution in [0.1, 0.15) is 76.3 Å². The van der Waals surface area contributed by atoms with E-state index in [9.17, 15) is 19.2 Å². The topological polar surface area (TPSA) is 105 Å². The molecule has 0 N–H and O–H groups in total. The minimum atomic E-state index is -0.499. The first kappa shape index (κ1) is 39.7. The van der Waals surface area contributed by atoms with Crippen molar-refractivity contribution in [1.82, 2.24) is 0 Å². The molecule has 4 saturated heterocycles. The van der Waals surface area contributed by atoms with Crippen molar-refractivity contribution in [3.63, 3.8) is 0 Å². The van der Waals surface area contributed by atoms with Crippen molar-refractivity contribution in [3.05, 3.63) is 71.8 Å². The molecule has 4 bridgehead atoms. The number of carbonyl (C=O) groups is 4. The highest BCUT2D eigenvalue weighted by Crippen LogP contribution is 2.45. The largest absolute Gasteiger partial charge is 1.00 e. The maximum Gasteiger partial charge on any atom is 0.331 e. The van der Waals surface area contributed by atoms with Gasteiger partial charge in [0, 0.05) is 88.5 Å². The standard InChI is InChI=1S/C38H48N2O8.2BrH/c1-25(41)45-33-13-5-27(6-14-33)23-39(3)29-9-10-30(39)20-35(19-29)47-37(43)17-18-38(44)48-36-21-31-11-12-32(22-36)40(31,4)24-28-7-15-34(16-8-28)46-26(2)42;;/h5-8,13-18,29-32,35-36H,9-12,19-24H2,1-4H3;2*1H/q+2;;/p-2/b18-17+;;. The first-order chi connectivity index (χ1) is 22.9. The Morgan fingerprint density at radius 2 is 0.880 bits per heavy atom. The number of nitrogens with zero attached hydrogens (tertiary/aromatic N) is 2. The Balaban J connectivity index is 0.00000281. The molecule has 4 unspecified atom stereocenters. The lowest BCUT2D eigenvalue weighted by molar-refractivity contribution is -0.961. The highest BCUT2D eigenvalue weighted by atomic mass is 79.9. The van der Waals surface area contributed by atoms with Gasteiger partial charge in [-0.25, -0.2) is 9.59 Å². The monoisotopic (exact) mass is 818 g/mol. The Kier molecular flexibility index (Phi) is 13.1. The van der Waals surface area contributed by atoms with Gasteiger partial charge in [0.05, 0.1) is 38.3 Å². The highest BCUT2D eigenvalue weighted by Gasteiger charge is 2.53. The van der Waals surface area contributed by atoms with Crippen molar-refractivity contribution in [3.8, 4) is 11.5 Å². The van der Waals surface area contributed by atoms with Crippen molar-refractivity contribution in [2.45, 2.75) is 115 Å². The van der Waals surface area contributed by atoms with Crippen LogP contribution in [0.4, 0.5) is 0 Å². The number of esters is 4. The molecule has 4 aliphatic rings. The number of hydrogen-bond donors (Lipinski definition) is 0. The molecule has 272 valence electrons. The van der Waals surface area contributed by atoms with Gasteiger partial charge in [-0.15, -0.1) is 0 Å². The average Bonchev–Trinajstić information content (AvgIpc) is 3.27. The first-order valence-electron chi connectivity index (χ1n) is 17.2. The first-order valence-corrected chi connectivity index (χ1v) is 17.2. The lowest BCUT2D eigenvalue weighted by Crippen LogP contribution is -3.00. The fourth-order valence-corrected chi connectivity index (χ4v) is 9.08. The van der Waals surface area contributed by atoms with Gasteiger partial charge in [-0.3, -0.25) is 9.59 Å². The Bertz CT molecular complexity index is 1420. The second-order valence-electron chi connectivity index (χ2n) is 14.6. The maximum atomic E-state index is 12.8. The zero-order valence-electron chi connectivity index (χ0n) is 29.2. The molecule has 2 aromatic rings. The molecule has 0 spiro atoms. The van der Waals surface area contributed by atoms with Gasteiger partial charge in [0.15, 0.2) is 0 Å². The molecule has 0 saturated carbocycles. The third-order valence-electron chi connectivity index (χ3n) is 11.5. The van der Waals surface area contributed by atoms with E-state index >= 15 is 0 Å². The number of quaternary nitrogens is 2. The van der Waals surface area contributed by atoms with Crippen LogP contribution in [0.2, 0.25) is 0 Å². The molecule has 50 heavy (non-hydrogen) atoms. The quantitative estimate of drug-likeness (QED) is 0.133. The Hall–Kier alpha value is -3.06. The van der Waals surface area contributed by atoms with Crippen molar-refractivity contribution in [2.75, 3.05) is 14.1 Å². The third kappa shape index (κ3) is 9.05. The van der Waals surface area contributed by atoms with Gasteiger partial charge in [-0.2, -0.15) is 0 Å². The van der Waals surface area contributed by atoms with Crippen LogP contribution in [0.3, 0.4) is 0 Å². The van der Waals surface area contributed by atoms with Crippen LogP contribution >= 0.6 is 0 Å². The minimum absolute atomic E-state index is 0. The number of piperidine rings is 2. The van der Waals surface area contributed by atoms with Gasteiger partial charge in [-0.05, 0) is 48.5 Å². The number of benzene rings is 2. The summed E-state index contributed by atoms with van der Waals surface area (Å²) in [5, 5.41) is 0. The Morgan fingerprint density at radius 1 is 0.580 bits per heavy atom. The Labute approximate surface area is 315 Å². The van der Waals surface area contributed by atoms with Crippen LogP contribution in [0.5, 0.6) is 11.5 Å². The van der Waals surface area contributed by atoms with Crippen LogP contribution in [0.15, 0.2) is 60.7 Å². The minimum Gasteiger partial charge on any atom is -1.00 e. The van der Waals surface area contributed by atoms with Crippen LogP contribution in [0, 0.1) is 0 Å². The molecule has 0 aliphatic carbocycles. The fourth-order valence-electron chi connectivity index (χ4n) is 9.08. The molecule has 4 fully saturated rings. The fraction of sp³-hybridized carbons (Fsp3) is 0.526. The van der Waals surface area contributed by atoms with Crippen molar-refractivity contribution >= 4 is 23.9 Å². The zero-order chi connectivity index (χ0) is 34.1. The van der Waals surface area contributed by atoms with E-state index in [1.807, 2.05) is 48.5 Å². The summed E-state index contributed by atoms with van der Waals surface area (Å²) >= 11 is 0. The average molecular weight is 821 g/mol. The third-order valence-corrected chi connectivity index (χ3v) is 11.5. The lowest BCUT2D eigenvalue weighted by atomic mass is 9.95. The number of carbonyl (C=O) groups excluding carboxylic acids is 4. The predicted octanol–water partition coefficient (Wildman–Crippen LogP) is -0.832. The SMILES string of the molecule is CC(=O)Oc1ccc(C[N+]2(C)C3CCC2CC(OC(=O)/C=C/C(=O)OC2CC4CCC(C2)[N+]4(C)Cc2ccc(OC(C)=O)cc2)C3)cc1.[Br-].[Br-]. The molecule has 4 aliphatic heterocycles. The number of fused-ring (bicyclic) bond motifs is 4. The van der Waals surface area contributed by atoms with E-state index in [0.29, 0.717) is 35.7 Å². The summed E-state index contributed by atoms with van der Waals surface area (Å²) in [4.78, 5) is 48.0. The molecule has 4 heterocycles. The van der Waals surface area contributed by atoms with Gasteiger partial charge in [0.25, 0.3) is 0 Å². The molecule has 0 radical (unpaired) electrons. The summed E-state index contributed by atoms with van der Waals surface area (Å²) < 4.78 is 23.9. The predicted molar refractivity (Wildman–Crippen MR) is 176 cm³/mol. The van der Waals surface area contributed by atoms with E-state index < -0.39 is 11.9 Å². The van der Waals surface area contributed by atoms with E-state index in [1.54, 1.807) is 0 Å². The number of hydrogen-bond acceptors (Lipinski definition) is 8. The highest BCUT2D eigenvalue weighted by molar-refractivity contribution is 5.91. The maximum absolute atomic E-state index is 12.8. The van der Waals surface area contributed by atoms with Gasteiger partial charge < -0.3 is 61.9 Å². The molecule has 2 aromatic carbocycles. The zero-order valence-corrected chi connectivity index (χ0v) is 32.4. The number of rotatable bonds is 10. The molecular formula is C38H48Br2N2O8.